The zero-order valence-electron chi connectivity index (χ0n) is 11.6. The van der Waals surface area contributed by atoms with Crippen molar-refractivity contribution in [1.82, 2.24) is 9.97 Å². The molecule has 0 saturated carbocycles. The fourth-order valence-corrected chi connectivity index (χ4v) is 2.20. The zero-order valence-corrected chi connectivity index (χ0v) is 13.2. The summed E-state index contributed by atoms with van der Waals surface area (Å²) < 4.78 is 1.02. The molecule has 0 atom stereocenters. The number of aromatic nitrogens is 2. The van der Waals surface area contributed by atoms with Gasteiger partial charge in [-0.2, -0.15) is 4.98 Å². The molecule has 2 N–H and O–H groups in total. The fraction of sp³-hybridized carbons (Fsp3) is 0.333. The van der Waals surface area contributed by atoms with Crippen LogP contribution in [0.4, 0.5) is 17.5 Å². The van der Waals surface area contributed by atoms with Crippen LogP contribution >= 0.6 is 15.9 Å². The maximum atomic E-state index is 4.45. The van der Waals surface area contributed by atoms with E-state index in [-0.39, 0.29) is 0 Å². The van der Waals surface area contributed by atoms with Gasteiger partial charge in [0.05, 0.1) is 0 Å². The van der Waals surface area contributed by atoms with Crippen molar-refractivity contribution in [2.45, 2.75) is 26.2 Å². The number of hydrogen-bond acceptors (Lipinski definition) is 4. The number of rotatable bonds is 7. The third-order valence-corrected chi connectivity index (χ3v) is 3.32. The SMILES string of the molecule is CCCCCNc1ccnc(Nc2cccc(Br)c2)n1. The van der Waals surface area contributed by atoms with E-state index in [2.05, 4.69) is 43.5 Å². The van der Waals surface area contributed by atoms with Crippen molar-refractivity contribution >= 4 is 33.4 Å². The predicted octanol–water partition coefficient (Wildman–Crippen LogP) is 4.58. The molecule has 1 heterocycles. The molecule has 106 valence electrons. The molecule has 0 radical (unpaired) electrons. The highest BCUT2D eigenvalue weighted by molar-refractivity contribution is 9.10. The molecular formula is C15H19BrN4. The highest BCUT2D eigenvalue weighted by atomic mass is 79.9. The van der Waals surface area contributed by atoms with Crippen molar-refractivity contribution < 1.29 is 0 Å². The van der Waals surface area contributed by atoms with Gasteiger partial charge < -0.3 is 10.6 Å². The number of hydrogen-bond donors (Lipinski definition) is 2. The molecule has 1 aromatic carbocycles. The van der Waals surface area contributed by atoms with Gasteiger partial charge in [-0.3, -0.25) is 0 Å². The van der Waals surface area contributed by atoms with E-state index < -0.39 is 0 Å². The molecule has 0 bridgehead atoms. The third-order valence-electron chi connectivity index (χ3n) is 2.82. The largest absolute Gasteiger partial charge is 0.370 e. The summed E-state index contributed by atoms with van der Waals surface area (Å²) in [5, 5.41) is 6.51. The summed E-state index contributed by atoms with van der Waals surface area (Å²) in [6.07, 6.45) is 5.38. The Morgan fingerprint density at radius 3 is 2.90 bits per heavy atom. The predicted molar refractivity (Wildman–Crippen MR) is 87.5 cm³/mol. The molecular weight excluding hydrogens is 316 g/mol. The second-order valence-corrected chi connectivity index (χ2v) is 5.45. The first-order valence-electron chi connectivity index (χ1n) is 6.87. The van der Waals surface area contributed by atoms with Gasteiger partial charge in [0.25, 0.3) is 0 Å². The Labute approximate surface area is 128 Å². The smallest absolute Gasteiger partial charge is 0.229 e. The first kappa shape index (κ1) is 14.8. The van der Waals surface area contributed by atoms with E-state index in [0.29, 0.717) is 5.95 Å². The van der Waals surface area contributed by atoms with E-state index in [1.807, 2.05) is 30.3 Å². The lowest BCUT2D eigenvalue weighted by Crippen LogP contribution is -2.05. The van der Waals surface area contributed by atoms with E-state index in [4.69, 9.17) is 0 Å². The van der Waals surface area contributed by atoms with Crippen LogP contribution in [-0.2, 0) is 0 Å². The summed E-state index contributed by atoms with van der Waals surface area (Å²) in [6, 6.07) is 9.81. The van der Waals surface area contributed by atoms with Crippen molar-refractivity contribution in [3.05, 3.63) is 41.0 Å². The van der Waals surface area contributed by atoms with Gasteiger partial charge in [0.2, 0.25) is 5.95 Å². The van der Waals surface area contributed by atoms with Crippen molar-refractivity contribution in [3.63, 3.8) is 0 Å². The van der Waals surface area contributed by atoms with Crippen LogP contribution in [0.25, 0.3) is 0 Å². The minimum absolute atomic E-state index is 0.601. The van der Waals surface area contributed by atoms with E-state index >= 15 is 0 Å². The summed E-state index contributed by atoms with van der Waals surface area (Å²) in [5.74, 6) is 1.46. The van der Waals surface area contributed by atoms with Crippen LogP contribution in [0, 0.1) is 0 Å². The number of benzene rings is 1. The summed E-state index contributed by atoms with van der Waals surface area (Å²) in [4.78, 5) is 8.68. The Hall–Kier alpha value is -1.62. The Bertz CT molecular complexity index is 545. The first-order chi connectivity index (χ1) is 9.78. The highest BCUT2D eigenvalue weighted by Gasteiger charge is 2.00. The van der Waals surface area contributed by atoms with Gasteiger partial charge in [-0.25, -0.2) is 4.98 Å². The van der Waals surface area contributed by atoms with Crippen LogP contribution in [0.2, 0.25) is 0 Å². The van der Waals surface area contributed by atoms with Crippen molar-refractivity contribution in [2.24, 2.45) is 0 Å². The molecule has 0 fully saturated rings. The lowest BCUT2D eigenvalue weighted by Gasteiger charge is -2.08. The van der Waals surface area contributed by atoms with Crippen LogP contribution in [0.3, 0.4) is 0 Å². The average molecular weight is 335 g/mol. The van der Waals surface area contributed by atoms with Crippen LogP contribution in [0.15, 0.2) is 41.0 Å². The minimum Gasteiger partial charge on any atom is -0.370 e. The maximum Gasteiger partial charge on any atom is 0.229 e. The fourth-order valence-electron chi connectivity index (χ4n) is 1.80. The topological polar surface area (TPSA) is 49.8 Å². The quantitative estimate of drug-likeness (QED) is 0.727. The molecule has 4 nitrogen and oxygen atoms in total. The Kier molecular flexibility index (Phi) is 5.80. The Morgan fingerprint density at radius 2 is 2.10 bits per heavy atom. The number of nitrogens with zero attached hydrogens (tertiary/aromatic N) is 2. The van der Waals surface area contributed by atoms with Crippen LogP contribution in [-0.4, -0.2) is 16.5 Å². The number of unbranched alkanes of at least 4 members (excludes halogenated alkanes) is 2. The Morgan fingerprint density at radius 1 is 1.20 bits per heavy atom. The first-order valence-corrected chi connectivity index (χ1v) is 7.67. The molecule has 1 aromatic heterocycles. The van der Waals surface area contributed by atoms with Gasteiger partial charge in [-0.15, -0.1) is 0 Å². The third kappa shape index (κ3) is 4.81. The molecule has 0 spiro atoms. The van der Waals surface area contributed by atoms with Crippen molar-refractivity contribution in [3.8, 4) is 0 Å². The van der Waals surface area contributed by atoms with Crippen molar-refractivity contribution in [2.75, 3.05) is 17.2 Å². The average Bonchev–Trinajstić information content (AvgIpc) is 2.44. The molecule has 0 aliphatic carbocycles. The monoisotopic (exact) mass is 334 g/mol. The van der Waals surface area contributed by atoms with Crippen LogP contribution in [0.1, 0.15) is 26.2 Å². The van der Waals surface area contributed by atoms with E-state index in [0.717, 1.165) is 28.9 Å². The molecule has 2 rings (SSSR count). The number of nitrogens with one attached hydrogen (secondary N) is 2. The van der Waals surface area contributed by atoms with Crippen LogP contribution < -0.4 is 10.6 Å². The summed E-state index contributed by atoms with van der Waals surface area (Å²) >= 11 is 3.45. The molecule has 0 aliphatic rings. The van der Waals surface area contributed by atoms with E-state index in [1.165, 1.54) is 12.8 Å². The number of anilines is 3. The molecule has 20 heavy (non-hydrogen) atoms. The summed E-state index contributed by atoms with van der Waals surface area (Å²) in [7, 11) is 0. The van der Waals surface area contributed by atoms with E-state index in [1.54, 1.807) is 6.20 Å². The zero-order chi connectivity index (χ0) is 14.2. The molecule has 5 heteroatoms. The lowest BCUT2D eigenvalue weighted by atomic mass is 10.2. The maximum absolute atomic E-state index is 4.45. The van der Waals surface area contributed by atoms with Gasteiger partial charge >= 0.3 is 0 Å². The molecule has 0 saturated heterocycles. The van der Waals surface area contributed by atoms with Crippen LogP contribution in [0.5, 0.6) is 0 Å². The molecule has 2 aromatic rings. The van der Waals surface area contributed by atoms with E-state index in [9.17, 15) is 0 Å². The van der Waals surface area contributed by atoms with Gasteiger partial charge in [0.1, 0.15) is 5.82 Å². The minimum atomic E-state index is 0.601. The lowest BCUT2D eigenvalue weighted by molar-refractivity contribution is 0.742. The van der Waals surface area contributed by atoms with Gasteiger partial charge in [-0.05, 0) is 30.7 Å². The Balaban J connectivity index is 1.95. The molecule has 0 unspecified atom stereocenters. The standard InChI is InChI=1S/C15H19BrN4/c1-2-3-4-9-17-14-8-10-18-15(20-14)19-13-7-5-6-12(16)11-13/h5-8,10-11H,2-4,9H2,1H3,(H2,17,18,19,20). The molecule has 0 aliphatic heterocycles. The second kappa shape index (κ2) is 7.85. The summed E-state index contributed by atoms with van der Waals surface area (Å²) in [5.41, 5.74) is 0.961. The highest BCUT2D eigenvalue weighted by Crippen LogP contribution is 2.18. The van der Waals surface area contributed by atoms with Gasteiger partial charge in [0, 0.05) is 22.9 Å². The van der Waals surface area contributed by atoms with Gasteiger partial charge in [-0.1, -0.05) is 41.8 Å². The summed E-state index contributed by atoms with van der Waals surface area (Å²) in [6.45, 7) is 3.14. The second-order valence-electron chi connectivity index (χ2n) is 4.53. The number of halogens is 1. The van der Waals surface area contributed by atoms with Gasteiger partial charge in [0.15, 0.2) is 0 Å². The van der Waals surface area contributed by atoms with Crippen molar-refractivity contribution in [1.29, 1.82) is 0 Å². The normalized spacial score (nSPS) is 10.3. The molecule has 0 amide bonds.